The number of ether oxygens (including phenoxy) is 1. The second kappa shape index (κ2) is 4.45. The van der Waals surface area contributed by atoms with Crippen LogP contribution in [0.2, 0.25) is 0 Å². The van der Waals surface area contributed by atoms with Crippen LogP contribution >= 0.6 is 0 Å². The fourth-order valence-corrected chi connectivity index (χ4v) is 1.12. The van der Waals surface area contributed by atoms with Crippen LogP contribution in [0, 0.1) is 5.92 Å². The molecule has 1 amide bonds. The van der Waals surface area contributed by atoms with Crippen molar-refractivity contribution in [1.82, 2.24) is 5.32 Å². The van der Waals surface area contributed by atoms with Crippen molar-refractivity contribution in [2.24, 2.45) is 5.92 Å². The van der Waals surface area contributed by atoms with Crippen LogP contribution in [0.1, 0.15) is 26.7 Å². The summed E-state index contributed by atoms with van der Waals surface area (Å²) in [5, 5.41) is 2.85. The summed E-state index contributed by atoms with van der Waals surface area (Å²) in [6.45, 7) is 5.62. The standard InChI is InChI=1S/C9H17NO2/c1-7(2)5-9(11)10-6-8-3-4-12-8/h7-8H,3-6H2,1-2H3,(H,10,11). The average Bonchev–Trinajstić information content (AvgIpc) is 1.81. The molecule has 0 aromatic rings. The van der Waals surface area contributed by atoms with E-state index in [4.69, 9.17) is 4.74 Å². The second-order valence-electron chi connectivity index (χ2n) is 3.68. The van der Waals surface area contributed by atoms with E-state index in [1.54, 1.807) is 0 Å². The summed E-state index contributed by atoms with van der Waals surface area (Å²) >= 11 is 0. The molecule has 1 aliphatic rings. The number of hydrogen-bond donors (Lipinski definition) is 1. The molecule has 12 heavy (non-hydrogen) atoms. The van der Waals surface area contributed by atoms with Crippen molar-refractivity contribution < 1.29 is 9.53 Å². The van der Waals surface area contributed by atoms with Gasteiger partial charge in [0, 0.05) is 19.6 Å². The third-order valence-electron chi connectivity index (χ3n) is 1.91. The van der Waals surface area contributed by atoms with Crippen LogP contribution in [-0.2, 0) is 9.53 Å². The van der Waals surface area contributed by atoms with Crippen molar-refractivity contribution in [2.45, 2.75) is 32.8 Å². The molecule has 0 aromatic carbocycles. The number of nitrogens with one attached hydrogen (secondary N) is 1. The largest absolute Gasteiger partial charge is 0.376 e. The van der Waals surface area contributed by atoms with Crippen LogP contribution in [0.3, 0.4) is 0 Å². The minimum atomic E-state index is 0.139. The molecule has 1 fully saturated rings. The lowest BCUT2D eigenvalue weighted by Gasteiger charge is -2.26. The normalized spacial score (nSPS) is 22.1. The van der Waals surface area contributed by atoms with Gasteiger partial charge in [-0.25, -0.2) is 0 Å². The molecular formula is C9H17NO2. The van der Waals surface area contributed by atoms with Gasteiger partial charge >= 0.3 is 0 Å². The van der Waals surface area contributed by atoms with E-state index in [2.05, 4.69) is 5.32 Å². The third kappa shape index (κ3) is 3.22. The predicted octanol–water partition coefficient (Wildman–Crippen LogP) is 0.938. The summed E-state index contributed by atoms with van der Waals surface area (Å²) in [6.07, 6.45) is 1.98. The van der Waals surface area contributed by atoms with Crippen LogP contribution in [0.4, 0.5) is 0 Å². The molecule has 1 saturated heterocycles. The molecule has 3 nitrogen and oxygen atoms in total. The Morgan fingerprint density at radius 3 is 2.75 bits per heavy atom. The topological polar surface area (TPSA) is 38.3 Å². The van der Waals surface area contributed by atoms with Crippen molar-refractivity contribution in [3.8, 4) is 0 Å². The van der Waals surface area contributed by atoms with Gasteiger partial charge in [0.1, 0.15) is 0 Å². The minimum absolute atomic E-state index is 0.139. The molecule has 70 valence electrons. The molecule has 0 saturated carbocycles. The smallest absolute Gasteiger partial charge is 0.220 e. The molecule has 0 bridgehead atoms. The van der Waals surface area contributed by atoms with Gasteiger partial charge in [-0.1, -0.05) is 13.8 Å². The van der Waals surface area contributed by atoms with Crippen LogP contribution in [0.25, 0.3) is 0 Å². The molecule has 1 atom stereocenters. The SMILES string of the molecule is CC(C)CC(=O)NCC1CCO1. The zero-order valence-corrected chi connectivity index (χ0v) is 7.80. The van der Waals surface area contributed by atoms with Crippen molar-refractivity contribution >= 4 is 5.91 Å². The first-order valence-electron chi connectivity index (χ1n) is 4.57. The molecule has 0 aromatic heterocycles. The van der Waals surface area contributed by atoms with Gasteiger partial charge in [0.2, 0.25) is 5.91 Å². The molecule has 1 N–H and O–H groups in total. The Labute approximate surface area is 73.5 Å². The van der Waals surface area contributed by atoms with E-state index in [0.717, 1.165) is 13.0 Å². The number of rotatable bonds is 4. The molecule has 1 rings (SSSR count). The predicted molar refractivity (Wildman–Crippen MR) is 46.8 cm³/mol. The van der Waals surface area contributed by atoms with Crippen LogP contribution in [-0.4, -0.2) is 25.2 Å². The summed E-state index contributed by atoms with van der Waals surface area (Å²) in [4.78, 5) is 11.1. The first kappa shape index (κ1) is 9.52. The van der Waals surface area contributed by atoms with Crippen molar-refractivity contribution in [1.29, 1.82) is 0 Å². The fourth-order valence-electron chi connectivity index (χ4n) is 1.12. The molecule has 0 spiro atoms. The fraction of sp³-hybridized carbons (Fsp3) is 0.889. The van der Waals surface area contributed by atoms with Crippen molar-refractivity contribution in [2.75, 3.05) is 13.2 Å². The zero-order chi connectivity index (χ0) is 8.97. The minimum Gasteiger partial charge on any atom is -0.376 e. The summed E-state index contributed by atoms with van der Waals surface area (Å²) in [5.41, 5.74) is 0. The van der Waals surface area contributed by atoms with Gasteiger partial charge in [0.25, 0.3) is 0 Å². The average molecular weight is 171 g/mol. The Balaban J connectivity index is 2.01. The van der Waals surface area contributed by atoms with Crippen molar-refractivity contribution in [3.63, 3.8) is 0 Å². The van der Waals surface area contributed by atoms with E-state index in [1.807, 2.05) is 13.8 Å². The Kier molecular flexibility index (Phi) is 3.53. The maximum atomic E-state index is 11.1. The van der Waals surface area contributed by atoms with Crippen LogP contribution in [0.15, 0.2) is 0 Å². The maximum Gasteiger partial charge on any atom is 0.220 e. The highest BCUT2D eigenvalue weighted by atomic mass is 16.5. The summed E-state index contributed by atoms with van der Waals surface area (Å²) in [7, 11) is 0. The van der Waals surface area contributed by atoms with E-state index in [9.17, 15) is 4.79 Å². The lowest BCUT2D eigenvalue weighted by atomic mass is 10.1. The Morgan fingerprint density at radius 1 is 1.67 bits per heavy atom. The second-order valence-corrected chi connectivity index (χ2v) is 3.68. The molecule has 1 heterocycles. The molecule has 0 radical (unpaired) electrons. The summed E-state index contributed by atoms with van der Waals surface area (Å²) < 4.78 is 5.17. The van der Waals surface area contributed by atoms with Gasteiger partial charge in [0.15, 0.2) is 0 Å². The summed E-state index contributed by atoms with van der Waals surface area (Å²) in [5.74, 6) is 0.577. The van der Waals surface area contributed by atoms with E-state index < -0.39 is 0 Å². The van der Waals surface area contributed by atoms with Gasteiger partial charge in [-0.2, -0.15) is 0 Å². The van der Waals surface area contributed by atoms with E-state index in [1.165, 1.54) is 0 Å². The molecule has 3 heteroatoms. The number of hydrogen-bond acceptors (Lipinski definition) is 2. The Morgan fingerprint density at radius 2 is 2.33 bits per heavy atom. The van der Waals surface area contributed by atoms with Gasteiger partial charge in [-0.05, 0) is 12.3 Å². The van der Waals surface area contributed by atoms with E-state index in [-0.39, 0.29) is 12.0 Å². The Bertz CT molecular complexity index is 153. The van der Waals surface area contributed by atoms with Gasteiger partial charge in [-0.3, -0.25) is 4.79 Å². The van der Waals surface area contributed by atoms with Gasteiger partial charge in [-0.15, -0.1) is 0 Å². The first-order valence-corrected chi connectivity index (χ1v) is 4.57. The van der Waals surface area contributed by atoms with Gasteiger partial charge < -0.3 is 10.1 Å². The molecule has 1 aliphatic heterocycles. The monoisotopic (exact) mass is 171 g/mol. The number of carbonyl (C=O) groups excluding carboxylic acids is 1. The zero-order valence-electron chi connectivity index (χ0n) is 7.80. The quantitative estimate of drug-likeness (QED) is 0.683. The lowest BCUT2D eigenvalue weighted by Crippen LogP contribution is -2.39. The highest BCUT2D eigenvalue weighted by Crippen LogP contribution is 2.09. The third-order valence-corrected chi connectivity index (χ3v) is 1.91. The lowest BCUT2D eigenvalue weighted by molar-refractivity contribution is -0.123. The van der Waals surface area contributed by atoms with E-state index in [0.29, 0.717) is 18.9 Å². The number of amides is 1. The summed E-state index contributed by atoms with van der Waals surface area (Å²) in [6, 6.07) is 0. The highest BCUT2D eigenvalue weighted by molar-refractivity contribution is 5.76. The van der Waals surface area contributed by atoms with Gasteiger partial charge in [0.05, 0.1) is 6.10 Å². The first-order chi connectivity index (χ1) is 5.68. The molecular weight excluding hydrogens is 154 g/mol. The maximum absolute atomic E-state index is 11.1. The van der Waals surface area contributed by atoms with Crippen LogP contribution < -0.4 is 5.32 Å². The number of carbonyl (C=O) groups is 1. The molecule has 0 aliphatic carbocycles. The highest BCUT2D eigenvalue weighted by Gasteiger charge is 2.18. The Hall–Kier alpha value is -0.570. The molecule has 1 unspecified atom stereocenters. The van der Waals surface area contributed by atoms with Crippen molar-refractivity contribution in [3.05, 3.63) is 0 Å². The van der Waals surface area contributed by atoms with E-state index >= 15 is 0 Å². The van der Waals surface area contributed by atoms with Crippen LogP contribution in [0.5, 0.6) is 0 Å².